The average Bonchev–Trinajstić information content (AvgIpc) is 2.63. The molecule has 3 saturated heterocycles. The third-order valence-corrected chi connectivity index (χ3v) is 28.8. The number of rotatable bonds is 1. The van der Waals surface area contributed by atoms with Gasteiger partial charge < -0.3 is 0 Å². The van der Waals surface area contributed by atoms with Gasteiger partial charge in [-0.1, -0.05) is 52.5 Å². The zero-order valence-electron chi connectivity index (χ0n) is 11.8. The summed E-state index contributed by atoms with van der Waals surface area (Å²) in [5.74, 6) is 6.54. The Hall–Kier alpha value is -0.699. The van der Waals surface area contributed by atoms with E-state index in [0.717, 1.165) is 15.9 Å². The first-order valence-corrected chi connectivity index (χ1v) is 16.3. The van der Waals surface area contributed by atoms with Crippen molar-refractivity contribution in [2.24, 2.45) is 0 Å². The molecule has 2 aromatic rings. The van der Waals surface area contributed by atoms with Crippen molar-refractivity contribution in [3.05, 3.63) is 71.3 Å². The van der Waals surface area contributed by atoms with Crippen LogP contribution in [-0.2, 0) is 4.28 Å². The van der Waals surface area contributed by atoms with Crippen LogP contribution in [0.1, 0.15) is 16.7 Å². The summed E-state index contributed by atoms with van der Waals surface area (Å²) in [6.07, 6.45) is 0. The van der Waals surface area contributed by atoms with E-state index in [1.807, 2.05) is 18.2 Å². The smallest absolute Gasteiger partial charge is 0.0269 e. The lowest BCUT2D eigenvalue weighted by atomic mass is 10.1. The number of hydrogen-bond acceptors (Lipinski definition) is 0. The molecule has 0 spiro atoms. The van der Waals surface area contributed by atoms with E-state index in [9.17, 15) is 0 Å². The molecule has 2 bridgehead atoms. The Balaban J connectivity index is 1.55. The van der Waals surface area contributed by atoms with Crippen LogP contribution in [0, 0.1) is 11.8 Å². The molecule has 3 heterocycles. The van der Waals surface area contributed by atoms with Gasteiger partial charge in [-0.3, -0.25) is 0 Å². The molecule has 12 radical (unpaired) electrons. The van der Waals surface area contributed by atoms with Crippen molar-refractivity contribution in [2.45, 2.75) is 9.07 Å². The predicted molar refractivity (Wildman–Crippen MR) is 98.8 cm³/mol. The molecule has 0 N–H and O–H groups in total. The van der Waals surface area contributed by atoms with Gasteiger partial charge in [-0.25, -0.2) is 0 Å². The Labute approximate surface area is 146 Å². The zero-order chi connectivity index (χ0) is 14.8. The second-order valence-corrected chi connectivity index (χ2v) is 18.9. The molecule has 3 fully saturated rings. The van der Waals surface area contributed by atoms with Crippen LogP contribution in [0.3, 0.4) is 0 Å². The van der Waals surface area contributed by atoms with E-state index < -0.39 is 0 Å². The Bertz CT molecular complexity index is 694. The monoisotopic (exact) mass is 370 g/mol. The topological polar surface area (TPSA) is 0 Å². The molecule has 0 atom stereocenters. The molecule has 2 aromatic carbocycles. The van der Waals surface area contributed by atoms with Crippen LogP contribution in [0.25, 0.3) is 0 Å². The van der Waals surface area contributed by atoms with E-state index in [-0.39, 0.29) is 0 Å². The van der Waals surface area contributed by atoms with Gasteiger partial charge in [0.25, 0.3) is 0 Å². The number of benzene rings is 2. The second kappa shape index (κ2) is 6.43. The summed E-state index contributed by atoms with van der Waals surface area (Å²) in [5.41, 5.74) is 3.83. The van der Waals surface area contributed by atoms with Gasteiger partial charge in [-0.15, -0.1) is 0 Å². The van der Waals surface area contributed by atoms with Crippen LogP contribution in [0.5, 0.6) is 0 Å². The summed E-state index contributed by atoms with van der Waals surface area (Å²) in [7, 11) is 7.36. The lowest BCUT2D eigenvalue weighted by Gasteiger charge is -2.44. The van der Waals surface area contributed by atoms with Crippen LogP contribution in [0.4, 0.5) is 0 Å². The largest absolute Gasteiger partial charge is 0.0724 e. The molecule has 6 heteroatoms. The Kier molecular flexibility index (Phi) is 4.34. The van der Waals surface area contributed by atoms with Crippen molar-refractivity contribution in [3.8, 4) is 11.8 Å². The highest BCUT2D eigenvalue weighted by Crippen LogP contribution is 2.29. The molecular formula is C16H10Si6. The van der Waals surface area contributed by atoms with Gasteiger partial charge in [0.15, 0.2) is 0 Å². The maximum absolute atomic E-state index is 3.29. The highest BCUT2D eigenvalue weighted by molar-refractivity contribution is 7.41. The fourth-order valence-electron chi connectivity index (χ4n) is 2.43. The summed E-state index contributed by atoms with van der Waals surface area (Å²) < 4.78 is 0.607. The molecule has 3 aliphatic rings. The van der Waals surface area contributed by atoms with Crippen LogP contribution in [-0.4, -0.2) is 54.2 Å². The van der Waals surface area contributed by atoms with Crippen molar-refractivity contribution < 1.29 is 0 Å². The molecule has 22 heavy (non-hydrogen) atoms. The van der Waals surface area contributed by atoms with Crippen molar-refractivity contribution in [3.63, 3.8) is 0 Å². The fourth-order valence-corrected chi connectivity index (χ4v) is 32.9. The van der Waals surface area contributed by atoms with Gasteiger partial charge in [0.05, 0.1) is 0 Å². The molecule has 0 aliphatic carbocycles. The van der Waals surface area contributed by atoms with E-state index >= 15 is 0 Å². The van der Waals surface area contributed by atoms with Gasteiger partial charge in [-0.2, -0.15) is 0 Å². The van der Waals surface area contributed by atoms with Crippen LogP contribution >= 0.6 is 0 Å². The summed E-state index contributed by atoms with van der Waals surface area (Å²) in [4.78, 5) is 1.15. The molecule has 0 aromatic heterocycles. The minimum Gasteiger partial charge on any atom is -0.0724 e. The summed E-state index contributed by atoms with van der Waals surface area (Å²) in [6.45, 7) is 0. The van der Waals surface area contributed by atoms with Gasteiger partial charge >= 0.3 is 0 Å². The molecule has 0 nitrogen and oxygen atoms in total. The number of fused-ring (bicyclic) bond motifs is 3. The standard InChI is InChI=1S/C16H10Si6/c1-2-4-12(5-3-1)6-7-13-8-10-14(11-9-13)16-20-17-15(18-21-16)19-22-16/h1-5,8-11,15H. The SMILES string of the molecule is C(#Cc1ccc(C23[Si][Si]C([Si][Si]2)[Si][Si]3)cc1)c1ccccc1. The first-order valence-electron chi connectivity index (χ1n) is 7.10. The number of hydrogen-bond donors (Lipinski definition) is 0. The van der Waals surface area contributed by atoms with Crippen molar-refractivity contribution in [1.29, 1.82) is 0 Å². The maximum Gasteiger partial charge on any atom is 0.0269 e. The third kappa shape index (κ3) is 3.02. The predicted octanol–water partition coefficient (Wildman–Crippen LogP) is 0.898. The fraction of sp³-hybridized carbons (Fsp3) is 0.125. The highest BCUT2D eigenvalue weighted by atomic mass is 29.3. The van der Waals surface area contributed by atoms with E-state index in [1.165, 1.54) is 54.2 Å². The molecular weight excluding hydrogens is 361 g/mol. The zero-order valence-corrected chi connectivity index (χ0v) is 17.8. The van der Waals surface area contributed by atoms with E-state index in [4.69, 9.17) is 0 Å². The Morgan fingerprint density at radius 1 is 0.682 bits per heavy atom. The van der Waals surface area contributed by atoms with Gasteiger partial charge in [0.2, 0.25) is 0 Å². The van der Waals surface area contributed by atoms with E-state index in [0.29, 0.717) is 4.28 Å². The van der Waals surface area contributed by atoms with Gasteiger partial charge in [0, 0.05) is 65.3 Å². The van der Waals surface area contributed by atoms with Gasteiger partial charge in [0.1, 0.15) is 0 Å². The maximum atomic E-state index is 3.29. The minimum atomic E-state index is 0.607. The molecule has 98 valence electrons. The normalized spacial score (nSPS) is 26.3. The molecule has 0 amide bonds. The molecule has 5 rings (SSSR count). The summed E-state index contributed by atoms with van der Waals surface area (Å²) in [6, 6.07) is 19.4. The van der Waals surface area contributed by atoms with Gasteiger partial charge in [-0.05, 0) is 28.6 Å². The van der Waals surface area contributed by atoms with Crippen molar-refractivity contribution in [1.82, 2.24) is 0 Å². The third-order valence-electron chi connectivity index (χ3n) is 3.65. The summed E-state index contributed by atoms with van der Waals surface area (Å²) >= 11 is 0. The van der Waals surface area contributed by atoms with Crippen molar-refractivity contribution in [2.75, 3.05) is 0 Å². The highest BCUT2D eigenvalue weighted by Gasteiger charge is 2.43. The average molecular weight is 371 g/mol. The van der Waals surface area contributed by atoms with Crippen molar-refractivity contribution >= 4 is 54.2 Å². The van der Waals surface area contributed by atoms with Crippen LogP contribution < -0.4 is 0 Å². The minimum absolute atomic E-state index is 0.607. The van der Waals surface area contributed by atoms with E-state index in [1.54, 1.807) is 5.56 Å². The summed E-state index contributed by atoms with van der Waals surface area (Å²) in [5, 5.41) is 0. The lowest BCUT2D eigenvalue weighted by Crippen LogP contribution is -2.64. The lowest BCUT2D eigenvalue weighted by molar-refractivity contribution is 1.20. The molecule has 0 saturated carbocycles. The Morgan fingerprint density at radius 3 is 1.82 bits per heavy atom. The van der Waals surface area contributed by atoms with E-state index in [2.05, 4.69) is 48.2 Å². The molecule has 0 unspecified atom stereocenters. The van der Waals surface area contributed by atoms with Crippen LogP contribution in [0.15, 0.2) is 54.6 Å². The Morgan fingerprint density at radius 2 is 1.23 bits per heavy atom. The molecule has 3 aliphatic heterocycles. The first-order chi connectivity index (χ1) is 10.8. The quantitative estimate of drug-likeness (QED) is 0.517. The second-order valence-electron chi connectivity index (χ2n) is 5.18. The van der Waals surface area contributed by atoms with Crippen LogP contribution in [0.2, 0.25) is 4.79 Å². The first kappa shape index (κ1) is 14.9.